The molecule has 2 amide bonds. The summed E-state index contributed by atoms with van der Waals surface area (Å²) in [6.45, 7) is -0.574. The van der Waals surface area contributed by atoms with Crippen molar-refractivity contribution in [2.24, 2.45) is 5.10 Å². The Balaban J connectivity index is 1.73. The highest BCUT2D eigenvalue weighted by Crippen LogP contribution is 2.17. The highest BCUT2D eigenvalue weighted by Gasteiger charge is 2.32. The number of carbonyl (C=O) groups is 3. The fraction of sp³-hybridized carbons (Fsp3) is 0.273. The van der Waals surface area contributed by atoms with E-state index in [0.717, 1.165) is 16.1 Å². The Hall–Kier alpha value is -3.13. The molecule has 0 fully saturated rings. The second-order valence-corrected chi connectivity index (χ2v) is 7.63. The standard InChI is InChI=1S/C22H23N3O4S/c26-20(27)14-25-22(29)18(12-11-17(24-25)16-9-5-2-6-10-16)23-21(28)19(30)13-15-7-3-1-4-8-15/h1-10,18-19,30H,11-14H2,(H,23,28)(H,26,27)/t18-,19-/m0/s1. The van der Waals surface area contributed by atoms with Crippen LogP contribution in [0.3, 0.4) is 0 Å². The number of thiol groups is 1. The zero-order chi connectivity index (χ0) is 21.5. The molecule has 0 unspecified atom stereocenters. The van der Waals surface area contributed by atoms with Crippen molar-refractivity contribution in [3.05, 3.63) is 71.8 Å². The number of benzene rings is 2. The number of nitrogens with zero attached hydrogens (tertiary/aromatic N) is 2. The first-order valence-electron chi connectivity index (χ1n) is 9.62. The van der Waals surface area contributed by atoms with Gasteiger partial charge in [0.2, 0.25) is 5.91 Å². The molecule has 0 radical (unpaired) electrons. The van der Waals surface area contributed by atoms with Gasteiger partial charge in [-0.05, 0) is 30.4 Å². The molecule has 0 saturated heterocycles. The Kier molecular flexibility index (Phi) is 7.24. The largest absolute Gasteiger partial charge is 0.480 e. The van der Waals surface area contributed by atoms with Crippen molar-refractivity contribution in [1.82, 2.24) is 10.3 Å². The summed E-state index contributed by atoms with van der Waals surface area (Å²) in [5.41, 5.74) is 2.37. The summed E-state index contributed by atoms with van der Waals surface area (Å²) in [6.07, 6.45) is 1.16. The lowest BCUT2D eigenvalue weighted by molar-refractivity contribution is -0.145. The zero-order valence-corrected chi connectivity index (χ0v) is 17.2. The van der Waals surface area contributed by atoms with Crippen LogP contribution in [0.15, 0.2) is 65.8 Å². The summed E-state index contributed by atoms with van der Waals surface area (Å²) in [4.78, 5) is 36.8. The van der Waals surface area contributed by atoms with Crippen LogP contribution in [-0.4, -0.2) is 51.4 Å². The Bertz CT molecular complexity index is 934. The van der Waals surface area contributed by atoms with Crippen molar-refractivity contribution in [3.8, 4) is 0 Å². The quantitative estimate of drug-likeness (QED) is 0.592. The molecular formula is C22H23N3O4S. The molecule has 0 aliphatic carbocycles. The summed E-state index contributed by atoms with van der Waals surface area (Å²) >= 11 is 4.39. The van der Waals surface area contributed by atoms with Crippen molar-refractivity contribution < 1.29 is 19.5 Å². The topological polar surface area (TPSA) is 99.1 Å². The van der Waals surface area contributed by atoms with Crippen molar-refractivity contribution >= 4 is 36.1 Å². The Morgan fingerprint density at radius 2 is 1.77 bits per heavy atom. The van der Waals surface area contributed by atoms with Crippen LogP contribution in [0.2, 0.25) is 0 Å². The van der Waals surface area contributed by atoms with Gasteiger partial charge in [0.1, 0.15) is 12.6 Å². The summed E-state index contributed by atoms with van der Waals surface area (Å²) in [5.74, 6) is -2.10. The highest BCUT2D eigenvalue weighted by molar-refractivity contribution is 7.81. The van der Waals surface area contributed by atoms with Crippen LogP contribution in [0, 0.1) is 0 Å². The monoisotopic (exact) mass is 425 g/mol. The average molecular weight is 426 g/mol. The highest BCUT2D eigenvalue weighted by atomic mass is 32.1. The lowest BCUT2D eigenvalue weighted by atomic mass is 10.0. The number of carboxylic acid groups (broad SMARTS) is 1. The molecule has 2 aromatic rings. The first-order valence-corrected chi connectivity index (χ1v) is 10.1. The van der Waals surface area contributed by atoms with Gasteiger partial charge in [-0.15, -0.1) is 0 Å². The van der Waals surface area contributed by atoms with E-state index in [2.05, 4.69) is 23.0 Å². The number of hydrogen-bond donors (Lipinski definition) is 3. The van der Waals surface area contributed by atoms with Crippen molar-refractivity contribution in [2.45, 2.75) is 30.6 Å². The normalized spacial score (nSPS) is 17.6. The number of carbonyl (C=O) groups excluding carboxylic acids is 2. The van der Waals surface area contributed by atoms with Gasteiger partial charge < -0.3 is 10.4 Å². The molecule has 0 spiro atoms. The van der Waals surface area contributed by atoms with Crippen LogP contribution >= 0.6 is 12.6 Å². The number of amides is 2. The third-order valence-electron chi connectivity index (χ3n) is 4.75. The van der Waals surface area contributed by atoms with Gasteiger partial charge in [-0.25, -0.2) is 5.01 Å². The smallest absolute Gasteiger partial charge is 0.325 e. The Morgan fingerprint density at radius 3 is 2.40 bits per heavy atom. The molecular weight excluding hydrogens is 402 g/mol. The number of rotatable bonds is 7. The lowest BCUT2D eigenvalue weighted by Gasteiger charge is -2.22. The summed E-state index contributed by atoms with van der Waals surface area (Å²) in [6, 6.07) is 17.9. The first kappa shape index (κ1) is 21.6. The van der Waals surface area contributed by atoms with E-state index in [1.807, 2.05) is 60.7 Å². The van der Waals surface area contributed by atoms with Crippen molar-refractivity contribution in [3.63, 3.8) is 0 Å². The SMILES string of the molecule is O=C(O)CN1N=C(c2ccccc2)CC[C@H](NC(=O)[C@@H](S)Cc2ccccc2)C1=O. The van der Waals surface area contributed by atoms with Crippen LogP contribution in [0.25, 0.3) is 0 Å². The van der Waals surface area contributed by atoms with E-state index >= 15 is 0 Å². The summed E-state index contributed by atoms with van der Waals surface area (Å²) in [5, 5.41) is 16.5. The third kappa shape index (κ3) is 5.70. The molecule has 0 saturated carbocycles. The zero-order valence-electron chi connectivity index (χ0n) is 16.3. The fourth-order valence-electron chi connectivity index (χ4n) is 3.24. The van der Waals surface area contributed by atoms with Gasteiger partial charge in [0.15, 0.2) is 0 Å². The second kappa shape index (κ2) is 10.1. The van der Waals surface area contributed by atoms with Gasteiger partial charge in [0.25, 0.3) is 5.91 Å². The fourth-order valence-corrected chi connectivity index (χ4v) is 3.52. The van der Waals surface area contributed by atoms with E-state index in [-0.39, 0.29) is 5.91 Å². The number of nitrogens with one attached hydrogen (secondary N) is 1. The molecule has 8 heteroatoms. The van der Waals surface area contributed by atoms with Crippen LogP contribution < -0.4 is 5.32 Å². The second-order valence-electron chi connectivity index (χ2n) is 7.01. The van der Waals surface area contributed by atoms with E-state index in [9.17, 15) is 19.5 Å². The Morgan fingerprint density at radius 1 is 1.13 bits per heavy atom. The number of carboxylic acids is 1. The van der Waals surface area contributed by atoms with Crippen molar-refractivity contribution in [1.29, 1.82) is 0 Å². The molecule has 2 N–H and O–H groups in total. The molecule has 0 bridgehead atoms. The molecule has 0 aromatic heterocycles. The molecule has 2 aromatic carbocycles. The van der Waals surface area contributed by atoms with Gasteiger partial charge in [-0.3, -0.25) is 14.4 Å². The molecule has 7 nitrogen and oxygen atoms in total. The maximum Gasteiger partial charge on any atom is 0.325 e. The minimum absolute atomic E-state index is 0.320. The number of hydrogen-bond acceptors (Lipinski definition) is 5. The van der Waals surface area contributed by atoms with Gasteiger partial charge in [0, 0.05) is 0 Å². The van der Waals surface area contributed by atoms with Crippen LogP contribution in [0.1, 0.15) is 24.0 Å². The van der Waals surface area contributed by atoms with E-state index in [1.54, 1.807) is 0 Å². The molecule has 1 aliphatic rings. The predicted octanol–water partition coefficient (Wildman–Crippen LogP) is 2.12. The van der Waals surface area contributed by atoms with Gasteiger partial charge in [0.05, 0.1) is 11.0 Å². The molecule has 2 atom stereocenters. The number of aliphatic carboxylic acids is 1. The summed E-state index contributed by atoms with van der Waals surface area (Å²) < 4.78 is 0. The van der Waals surface area contributed by atoms with Crippen LogP contribution in [0.5, 0.6) is 0 Å². The average Bonchev–Trinajstić information content (AvgIpc) is 2.89. The van der Waals surface area contributed by atoms with E-state index in [4.69, 9.17) is 0 Å². The predicted molar refractivity (Wildman–Crippen MR) is 116 cm³/mol. The minimum atomic E-state index is -1.18. The van der Waals surface area contributed by atoms with Crippen molar-refractivity contribution in [2.75, 3.05) is 6.54 Å². The first-order chi connectivity index (χ1) is 14.4. The number of hydrazone groups is 1. The lowest BCUT2D eigenvalue weighted by Crippen LogP contribution is -2.49. The van der Waals surface area contributed by atoms with Gasteiger partial charge in [-0.1, -0.05) is 60.7 Å². The van der Waals surface area contributed by atoms with Gasteiger partial charge in [-0.2, -0.15) is 17.7 Å². The molecule has 30 heavy (non-hydrogen) atoms. The maximum atomic E-state index is 12.9. The Labute approximate surface area is 180 Å². The van der Waals surface area contributed by atoms with E-state index < -0.39 is 29.7 Å². The van der Waals surface area contributed by atoms with E-state index in [0.29, 0.717) is 25.0 Å². The maximum absolute atomic E-state index is 12.9. The minimum Gasteiger partial charge on any atom is -0.480 e. The van der Waals surface area contributed by atoms with E-state index in [1.165, 1.54) is 0 Å². The van der Waals surface area contributed by atoms with Gasteiger partial charge >= 0.3 is 5.97 Å². The molecule has 3 rings (SSSR count). The summed E-state index contributed by atoms with van der Waals surface area (Å²) in [7, 11) is 0. The molecule has 156 valence electrons. The van der Waals surface area contributed by atoms with Crippen LogP contribution in [0.4, 0.5) is 0 Å². The van der Waals surface area contributed by atoms with Crippen LogP contribution in [-0.2, 0) is 20.8 Å². The molecule has 1 heterocycles. The third-order valence-corrected chi connectivity index (χ3v) is 5.16. The molecule has 1 aliphatic heterocycles.